The fourth-order valence-corrected chi connectivity index (χ4v) is 4.95. The third-order valence-electron chi connectivity index (χ3n) is 5.59. The quantitative estimate of drug-likeness (QED) is 0.641. The molecule has 2 aliphatic rings. The number of nitrogens with one attached hydrogen (secondary N) is 1. The van der Waals surface area contributed by atoms with Gasteiger partial charge in [0.1, 0.15) is 13.2 Å². The topological polar surface area (TPSA) is 111 Å². The number of anilines is 1. The summed E-state index contributed by atoms with van der Waals surface area (Å²) in [6, 6.07) is 10.8. The highest BCUT2D eigenvalue weighted by Crippen LogP contribution is 2.33. The highest BCUT2D eigenvalue weighted by molar-refractivity contribution is 7.92. The van der Waals surface area contributed by atoms with Crippen LogP contribution in [0.1, 0.15) is 30.1 Å². The number of carbonyl (C=O) groups excluding carboxylic acids is 2. The lowest BCUT2D eigenvalue weighted by molar-refractivity contribution is -0.149. The van der Waals surface area contributed by atoms with Crippen LogP contribution in [-0.2, 0) is 19.6 Å². The predicted octanol–water partition coefficient (Wildman–Crippen LogP) is 2.67. The lowest BCUT2D eigenvalue weighted by Crippen LogP contribution is -2.40. The van der Waals surface area contributed by atoms with E-state index in [1.807, 2.05) is 0 Å². The molecule has 2 aromatic carbocycles. The molecule has 0 aromatic heterocycles. The third kappa shape index (κ3) is 5.22. The minimum Gasteiger partial charge on any atom is -0.486 e. The van der Waals surface area contributed by atoms with Gasteiger partial charge in [0.25, 0.3) is 15.9 Å². The van der Waals surface area contributed by atoms with Crippen molar-refractivity contribution in [3.63, 3.8) is 0 Å². The van der Waals surface area contributed by atoms with Crippen LogP contribution in [0, 0.1) is 5.92 Å². The van der Waals surface area contributed by atoms with E-state index in [2.05, 4.69) is 4.72 Å². The lowest BCUT2D eigenvalue weighted by atomic mass is 9.96. The smallest absolute Gasteiger partial charge is 0.309 e. The maximum absolute atomic E-state index is 13.0. The Bertz CT molecular complexity index is 1140. The SMILES string of the molecule is CCOC(=O)C1CCN(C(=O)c2cccc(NS(=O)(=O)c3ccc4c(c3)OCCO4)c2)CC1. The van der Waals surface area contributed by atoms with E-state index in [4.69, 9.17) is 14.2 Å². The summed E-state index contributed by atoms with van der Waals surface area (Å²) in [5, 5.41) is 0. The second kappa shape index (κ2) is 9.70. The van der Waals surface area contributed by atoms with E-state index >= 15 is 0 Å². The van der Waals surface area contributed by atoms with Gasteiger partial charge < -0.3 is 19.1 Å². The monoisotopic (exact) mass is 474 g/mol. The minimum absolute atomic E-state index is 0.0320. The molecule has 2 heterocycles. The number of hydrogen-bond donors (Lipinski definition) is 1. The van der Waals surface area contributed by atoms with Gasteiger partial charge in [-0.05, 0) is 50.1 Å². The molecule has 9 nitrogen and oxygen atoms in total. The summed E-state index contributed by atoms with van der Waals surface area (Å²) >= 11 is 0. The fourth-order valence-electron chi connectivity index (χ4n) is 3.88. The number of rotatable bonds is 6. The predicted molar refractivity (Wildman–Crippen MR) is 120 cm³/mol. The summed E-state index contributed by atoms with van der Waals surface area (Å²) in [5.41, 5.74) is 0.643. The van der Waals surface area contributed by atoms with Crippen molar-refractivity contribution in [3.05, 3.63) is 48.0 Å². The van der Waals surface area contributed by atoms with E-state index in [-0.39, 0.29) is 28.4 Å². The molecule has 10 heteroatoms. The van der Waals surface area contributed by atoms with Crippen molar-refractivity contribution in [2.45, 2.75) is 24.7 Å². The Morgan fingerprint density at radius 2 is 1.79 bits per heavy atom. The Morgan fingerprint density at radius 1 is 1.06 bits per heavy atom. The van der Waals surface area contributed by atoms with Crippen molar-refractivity contribution in [2.24, 2.45) is 5.92 Å². The number of amides is 1. The molecule has 0 saturated carbocycles. The van der Waals surface area contributed by atoms with Gasteiger partial charge in [-0.3, -0.25) is 14.3 Å². The summed E-state index contributed by atoms with van der Waals surface area (Å²) < 4.78 is 44.2. The molecule has 4 rings (SSSR count). The number of carbonyl (C=O) groups is 2. The summed E-state index contributed by atoms with van der Waals surface area (Å²) in [6.45, 7) is 3.76. The van der Waals surface area contributed by atoms with E-state index in [1.54, 1.807) is 36.1 Å². The van der Waals surface area contributed by atoms with Gasteiger partial charge in [0.05, 0.1) is 17.4 Å². The molecule has 176 valence electrons. The van der Waals surface area contributed by atoms with Crippen LogP contribution < -0.4 is 14.2 Å². The van der Waals surface area contributed by atoms with E-state index in [9.17, 15) is 18.0 Å². The molecule has 0 bridgehead atoms. The Balaban J connectivity index is 1.44. The van der Waals surface area contributed by atoms with Gasteiger partial charge in [0.2, 0.25) is 0 Å². The summed E-state index contributed by atoms with van der Waals surface area (Å²) in [7, 11) is -3.90. The van der Waals surface area contributed by atoms with Crippen LogP contribution in [0.2, 0.25) is 0 Å². The average molecular weight is 475 g/mol. The molecule has 33 heavy (non-hydrogen) atoms. The molecule has 0 spiro atoms. The Hall–Kier alpha value is -3.27. The normalized spacial score (nSPS) is 16.2. The van der Waals surface area contributed by atoms with Crippen LogP contribution in [0.25, 0.3) is 0 Å². The highest BCUT2D eigenvalue weighted by Gasteiger charge is 2.29. The molecule has 0 aliphatic carbocycles. The number of piperidine rings is 1. The van der Waals surface area contributed by atoms with Crippen molar-refractivity contribution in [3.8, 4) is 11.5 Å². The fraction of sp³-hybridized carbons (Fsp3) is 0.391. The summed E-state index contributed by atoms with van der Waals surface area (Å²) in [6.07, 6.45) is 1.09. The number of esters is 1. The van der Waals surface area contributed by atoms with Crippen molar-refractivity contribution < 1.29 is 32.2 Å². The second-order valence-electron chi connectivity index (χ2n) is 7.81. The third-order valence-corrected chi connectivity index (χ3v) is 6.97. The molecule has 0 radical (unpaired) electrons. The van der Waals surface area contributed by atoms with Crippen molar-refractivity contribution in [2.75, 3.05) is 37.6 Å². The van der Waals surface area contributed by atoms with Crippen molar-refractivity contribution >= 4 is 27.6 Å². The Kier molecular flexibility index (Phi) is 6.73. The Labute approximate surface area is 192 Å². The van der Waals surface area contributed by atoms with E-state index in [1.165, 1.54) is 18.2 Å². The first kappa shape index (κ1) is 22.9. The highest BCUT2D eigenvalue weighted by atomic mass is 32.2. The number of nitrogens with zero attached hydrogens (tertiary/aromatic N) is 1. The number of hydrogen-bond acceptors (Lipinski definition) is 7. The van der Waals surface area contributed by atoms with Gasteiger partial charge in [-0.2, -0.15) is 0 Å². The second-order valence-corrected chi connectivity index (χ2v) is 9.49. The number of benzene rings is 2. The van der Waals surface area contributed by atoms with Crippen LogP contribution in [0.4, 0.5) is 5.69 Å². The van der Waals surface area contributed by atoms with Crippen molar-refractivity contribution in [1.29, 1.82) is 0 Å². The van der Waals surface area contributed by atoms with Crippen LogP contribution in [-0.4, -0.2) is 58.1 Å². The maximum Gasteiger partial charge on any atom is 0.309 e. The molecule has 2 aromatic rings. The van der Waals surface area contributed by atoms with Gasteiger partial charge in [0, 0.05) is 30.4 Å². The van der Waals surface area contributed by atoms with Crippen LogP contribution >= 0.6 is 0 Å². The number of likely N-dealkylation sites (tertiary alicyclic amines) is 1. The molecule has 1 amide bonds. The van der Waals surface area contributed by atoms with Crippen LogP contribution in [0.15, 0.2) is 47.4 Å². The van der Waals surface area contributed by atoms with E-state index in [0.717, 1.165) is 0 Å². The average Bonchev–Trinajstić information content (AvgIpc) is 2.83. The molecule has 0 atom stereocenters. The lowest BCUT2D eigenvalue weighted by Gasteiger charge is -2.31. The number of ether oxygens (including phenoxy) is 3. The zero-order chi connectivity index (χ0) is 23.4. The molecule has 1 N–H and O–H groups in total. The molecule has 0 unspecified atom stereocenters. The Morgan fingerprint density at radius 3 is 2.52 bits per heavy atom. The zero-order valence-electron chi connectivity index (χ0n) is 18.3. The van der Waals surface area contributed by atoms with E-state index < -0.39 is 10.0 Å². The van der Waals surface area contributed by atoms with Gasteiger partial charge in [-0.15, -0.1) is 0 Å². The molecule has 2 aliphatic heterocycles. The summed E-state index contributed by atoms with van der Waals surface area (Å²) in [4.78, 5) is 26.6. The zero-order valence-corrected chi connectivity index (χ0v) is 19.1. The molecule has 1 saturated heterocycles. The first-order valence-electron chi connectivity index (χ1n) is 10.9. The number of fused-ring (bicyclic) bond motifs is 1. The van der Waals surface area contributed by atoms with E-state index in [0.29, 0.717) is 62.8 Å². The first-order chi connectivity index (χ1) is 15.9. The minimum atomic E-state index is -3.90. The van der Waals surface area contributed by atoms with Crippen molar-refractivity contribution in [1.82, 2.24) is 4.90 Å². The summed E-state index contributed by atoms with van der Waals surface area (Å²) in [5.74, 6) is 0.245. The first-order valence-corrected chi connectivity index (χ1v) is 12.3. The van der Waals surface area contributed by atoms with Crippen LogP contribution in [0.5, 0.6) is 11.5 Å². The molecular formula is C23H26N2O7S. The number of sulfonamides is 1. The van der Waals surface area contributed by atoms with Crippen LogP contribution in [0.3, 0.4) is 0 Å². The van der Waals surface area contributed by atoms with Gasteiger partial charge >= 0.3 is 5.97 Å². The molecule has 1 fully saturated rings. The van der Waals surface area contributed by atoms with Gasteiger partial charge in [-0.25, -0.2) is 8.42 Å². The molecular weight excluding hydrogens is 448 g/mol. The largest absolute Gasteiger partial charge is 0.486 e. The van der Waals surface area contributed by atoms with Gasteiger partial charge in [-0.1, -0.05) is 6.07 Å². The standard InChI is InChI=1S/C23H26N2O7S/c1-2-30-23(27)16-8-10-25(11-9-16)22(26)17-4-3-5-18(14-17)24-33(28,29)19-6-7-20-21(15-19)32-13-12-31-20/h3-7,14-16,24H,2,8-13H2,1H3. The maximum atomic E-state index is 13.0. The van der Waals surface area contributed by atoms with Gasteiger partial charge in [0.15, 0.2) is 11.5 Å².